The van der Waals surface area contributed by atoms with Gasteiger partial charge in [0.2, 0.25) is 5.91 Å². The molecule has 4 heteroatoms. The number of hydrogen-bond acceptors (Lipinski definition) is 2. The summed E-state index contributed by atoms with van der Waals surface area (Å²) in [6, 6.07) is 0. The van der Waals surface area contributed by atoms with E-state index in [4.69, 9.17) is 16.3 Å². The number of alkyl halides is 1. The molecule has 84 valence electrons. The third-order valence-electron chi connectivity index (χ3n) is 2.01. The Balaban J connectivity index is 3.54. The van der Waals surface area contributed by atoms with Gasteiger partial charge in [-0.3, -0.25) is 4.79 Å². The van der Waals surface area contributed by atoms with Crippen molar-refractivity contribution in [3.05, 3.63) is 0 Å². The normalized spacial score (nSPS) is 11.4. The minimum atomic E-state index is -0.469. The van der Waals surface area contributed by atoms with Crippen LogP contribution in [-0.2, 0) is 9.53 Å². The van der Waals surface area contributed by atoms with Crippen LogP contribution in [0.15, 0.2) is 0 Å². The Hall–Kier alpha value is -0.280. The molecule has 3 nitrogen and oxygen atoms in total. The first-order valence-electron chi connectivity index (χ1n) is 4.88. The third-order valence-corrected chi connectivity index (χ3v) is 2.68. The lowest BCUT2D eigenvalue weighted by Gasteiger charge is -2.20. The molecule has 0 radical (unpaired) electrons. The van der Waals surface area contributed by atoms with E-state index in [1.807, 2.05) is 13.8 Å². The number of amides is 1. The monoisotopic (exact) mass is 221 g/mol. The van der Waals surface area contributed by atoms with Crippen LogP contribution in [0.4, 0.5) is 0 Å². The highest BCUT2D eigenvalue weighted by Crippen LogP contribution is 2.16. The zero-order valence-electron chi connectivity index (χ0n) is 9.23. The summed E-state index contributed by atoms with van der Waals surface area (Å²) in [7, 11) is 1.68. The van der Waals surface area contributed by atoms with Crippen LogP contribution in [0.3, 0.4) is 0 Å². The average Bonchev–Trinajstić information content (AvgIpc) is 2.17. The van der Waals surface area contributed by atoms with E-state index in [1.165, 1.54) is 0 Å². The topological polar surface area (TPSA) is 38.3 Å². The van der Waals surface area contributed by atoms with E-state index in [-0.39, 0.29) is 5.91 Å². The molecule has 0 aromatic rings. The zero-order valence-corrected chi connectivity index (χ0v) is 9.99. The number of methoxy groups -OCH3 is 1. The number of rotatable bonds is 7. The molecule has 0 bridgehead atoms. The highest BCUT2D eigenvalue weighted by atomic mass is 35.5. The van der Waals surface area contributed by atoms with Crippen molar-refractivity contribution in [3.8, 4) is 0 Å². The van der Waals surface area contributed by atoms with Crippen LogP contribution in [0.1, 0.15) is 26.7 Å². The van der Waals surface area contributed by atoms with Gasteiger partial charge in [0.25, 0.3) is 0 Å². The minimum Gasteiger partial charge on any atom is -0.385 e. The molecule has 0 aliphatic rings. The molecule has 0 aliphatic heterocycles. The number of carbonyl (C=O) groups excluding carboxylic acids is 1. The second-order valence-electron chi connectivity index (χ2n) is 3.97. The van der Waals surface area contributed by atoms with E-state index in [9.17, 15) is 4.79 Å². The molecule has 1 amide bonds. The summed E-state index contributed by atoms with van der Waals surface area (Å²) in [4.78, 5) is 11.5. The van der Waals surface area contributed by atoms with Crippen molar-refractivity contribution >= 4 is 17.5 Å². The van der Waals surface area contributed by atoms with Crippen LogP contribution < -0.4 is 5.32 Å². The van der Waals surface area contributed by atoms with E-state index in [1.54, 1.807) is 7.11 Å². The Labute approximate surface area is 91.2 Å². The summed E-state index contributed by atoms with van der Waals surface area (Å²) in [5.41, 5.74) is -0.469. The summed E-state index contributed by atoms with van der Waals surface area (Å²) in [5.74, 6) is 0.363. The SMILES string of the molecule is COCCCCNC(=O)C(C)(C)CCl. The Morgan fingerprint density at radius 2 is 2.07 bits per heavy atom. The first kappa shape index (κ1) is 13.7. The molecule has 0 aromatic heterocycles. The van der Waals surface area contributed by atoms with E-state index < -0.39 is 5.41 Å². The molecule has 0 heterocycles. The van der Waals surface area contributed by atoms with E-state index in [2.05, 4.69) is 5.32 Å². The van der Waals surface area contributed by atoms with Gasteiger partial charge < -0.3 is 10.1 Å². The number of ether oxygens (including phenoxy) is 1. The fourth-order valence-electron chi connectivity index (χ4n) is 0.873. The maximum Gasteiger partial charge on any atom is 0.226 e. The lowest BCUT2D eigenvalue weighted by Crippen LogP contribution is -2.38. The number of nitrogens with one attached hydrogen (secondary N) is 1. The second-order valence-corrected chi connectivity index (χ2v) is 4.24. The van der Waals surface area contributed by atoms with E-state index in [0.717, 1.165) is 19.4 Å². The van der Waals surface area contributed by atoms with Crippen molar-refractivity contribution in [1.82, 2.24) is 5.32 Å². The molecule has 0 saturated carbocycles. The zero-order chi connectivity index (χ0) is 11.0. The van der Waals surface area contributed by atoms with Gasteiger partial charge in [0, 0.05) is 26.1 Å². The molecule has 0 rings (SSSR count). The molecular weight excluding hydrogens is 202 g/mol. The minimum absolute atomic E-state index is 0.0184. The van der Waals surface area contributed by atoms with Crippen molar-refractivity contribution in [3.63, 3.8) is 0 Å². The Morgan fingerprint density at radius 1 is 1.43 bits per heavy atom. The molecule has 0 spiro atoms. The summed E-state index contributed by atoms with van der Waals surface area (Å²) in [5, 5.41) is 2.85. The largest absolute Gasteiger partial charge is 0.385 e. The summed E-state index contributed by atoms with van der Waals surface area (Å²) >= 11 is 5.67. The van der Waals surface area contributed by atoms with Gasteiger partial charge in [-0.05, 0) is 26.7 Å². The lowest BCUT2D eigenvalue weighted by molar-refractivity contribution is -0.128. The predicted octanol–water partition coefficient (Wildman–Crippen LogP) is 1.79. The second kappa shape index (κ2) is 7.07. The van der Waals surface area contributed by atoms with Crippen LogP contribution in [0.2, 0.25) is 0 Å². The predicted molar refractivity (Wildman–Crippen MR) is 58.6 cm³/mol. The molecule has 0 unspecified atom stereocenters. The molecule has 0 saturated heterocycles. The maximum absolute atomic E-state index is 11.5. The number of unbranched alkanes of at least 4 members (excludes halogenated alkanes) is 1. The van der Waals surface area contributed by atoms with Gasteiger partial charge in [-0.1, -0.05) is 0 Å². The van der Waals surface area contributed by atoms with Gasteiger partial charge in [0.05, 0.1) is 5.41 Å². The standard InChI is InChI=1S/C10H20ClNO2/c1-10(2,8-11)9(13)12-6-4-5-7-14-3/h4-8H2,1-3H3,(H,12,13). The molecule has 1 N–H and O–H groups in total. The first-order valence-corrected chi connectivity index (χ1v) is 5.41. The maximum atomic E-state index is 11.5. The van der Waals surface area contributed by atoms with Crippen molar-refractivity contribution in [2.75, 3.05) is 26.1 Å². The Bertz CT molecular complexity index is 172. The fourth-order valence-corrected chi connectivity index (χ4v) is 0.995. The van der Waals surface area contributed by atoms with Crippen LogP contribution in [0, 0.1) is 5.41 Å². The molecule has 0 aromatic carbocycles. The molecule has 14 heavy (non-hydrogen) atoms. The molecule has 0 aliphatic carbocycles. The quantitative estimate of drug-likeness (QED) is 0.526. The average molecular weight is 222 g/mol. The molecule has 0 fully saturated rings. The first-order chi connectivity index (χ1) is 6.54. The van der Waals surface area contributed by atoms with Gasteiger partial charge in [0.15, 0.2) is 0 Å². The Kier molecular flexibility index (Phi) is 6.93. The Morgan fingerprint density at radius 3 is 2.57 bits per heavy atom. The van der Waals surface area contributed by atoms with Crippen LogP contribution in [0.25, 0.3) is 0 Å². The van der Waals surface area contributed by atoms with E-state index in [0.29, 0.717) is 12.4 Å². The van der Waals surface area contributed by atoms with Gasteiger partial charge >= 0.3 is 0 Å². The number of halogens is 1. The van der Waals surface area contributed by atoms with Crippen LogP contribution >= 0.6 is 11.6 Å². The van der Waals surface area contributed by atoms with Gasteiger partial charge in [-0.15, -0.1) is 11.6 Å². The summed E-state index contributed by atoms with van der Waals surface area (Å²) in [6.07, 6.45) is 1.91. The smallest absolute Gasteiger partial charge is 0.226 e. The summed E-state index contributed by atoms with van der Waals surface area (Å²) in [6.45, 7) is 5.12. The fraction of sp³-hybridized carbons (Fsp3) is 0.900. The third kappa shape index (κ3) is 5.45. The van der Waals surface area contributed by atoms with E-state index >= 15 is 0 Å². The van der Waals surface area contributed by atoms with Crippen molar-refractivity contribution in [2.45, 2.75) is 26.7 Å². The molecular formula is C10H20ClNO2. The lowest BCUT2D eigenvalue weighted by atomic mass is 9.95. The van der Waals surface area contributed by atoms with Gasteiger partial charge in [0.1, 0.15) is 0 Å². The highest BCUT2D eigenvalue weighted by Gasteiger charge is 2.25. The number of carbonyl (C=O) groups is 1. The number of hydrogen-bond donors (Lipinski definition) is 1. The molecule has 0 atom stereocenters. The van der Waals surface area contributed by atoms with Crippen LogP contribution in [-0.4, -0.2) is 32.0 Å². The van der Waals surface area contributed by atoms with Gasteiger partial charge in [-0.25, -0.2) is 0 Å². The van der Waals surface area contributed by atoms with Crippen LogP contribution in [0.5, 0.6) is 0 Å². The highest BCUT2D eigenvalue weighted by molar-refractivity contribution is 6.19. The van der Waals surface area contributed by atoms with Crippen molar-refractivity contribution in [1.29, 1.82) is 0 Å². The van der Waals surface area contributed by atoms with Crippen molar-refractivity contribution in [2.24, 2.45) is 5.41 Å². The van der Waals surface area contributed by atoms with Gasteiger partial charge in [-0.2, -0.15) is 0 Å². The van der Waals surface area contributed by atoms with Crippen molar-refractivity contribution < 1.29 is 9.53 Å². The summed E-state index contributed by atoms with van der Waals surface area (Å²) < 4.78 is 4.90.